The fraction of sp³-hybridized carbons (Fsp3) is 0.819. The van der Waals surface area contributed by atoms with Crippen LogP contribution >= 0.6 is 0 Å². The Labute approximate surface area is 679 Å². The summed E-state index contributed by atoms with van der Waals surface area (Å²) < 4.78 is 196. The number of fused-ring (bicyclic) bond motifs is 1. The van der Waals surface area contributed by atoms with Gasteiger partial charge >= 0.3 is 6.16 Å². The lowest BCUT2D eigenvalue weighted by Gasteiger charge is -2.53. The van der Waals surface area contributed by atoms with Crippen LogP contribution in [0, 0.1) is 59.2 Å². The van der Waals surface area contributed by atoms with E-state index in [0.29, 0.717) is 12.8 Å². The lowest BCUT2D eigenvalue weighted by molar-refractivity contribution is -0.395. The van der Waals surface area contributed by atoms with Gasteiger partial charge in [-0.25, -0.2) is 31.1 Å². The maximum Gasteiger partial charge on any atom is 0.509 e. The standard InChI is InChI=1S/C83H130N2O28S2/c1-20-53-61(86)71(63(88)80(99-53)104-65-38(7)36-37-95-55(65)22-3)109-78-59(84-114(91,92)51-32-28-26-29-33-51)69(107-75-45(14)39(8)42(11)48(17)96-75)66(56(23-4)101-78)105-81-64(89)72(62(87)54(21-2)100-81)110-79-60(85-115(93,94)52-34-30-27-31-35-52)70(108-76-46(15)40(9)43(12)49(18)97-76)67(57(24-5)102-79)106-82-74(73-68(58(25-6)103-82)112-83(90)113-73)111-77-47(16)41(10)44(13)50(19)98-77/h26-50,53-82,84-89H,20-25H2,1-19H3/t38?,39?,40?,41?,42-,43-,44?,45?,46?,47?,48?,49?,50+,53?,54?,55?,56?,57?,58?,59?,60?,61-,62-,63?,64?,65+,66-,67-,68-,69?,70?,71?,72?,73?,74?,75+,76+,77-,78-,79-,80-,81-,82-/m0/s1. The number of carbonyl (C=O) groups is 1. The van der Waals surface area contributed by atoms with E-state index >= 15 is 16.8 Å². The van der Waals surface area contributed by atoms with Crippen molar-refractivity contribution in [2.75, 3.05) is 0 Å². The largest absolute Gasteiger partial charge is 0.509 e. The first-order valence-electron chi connectivity index (χ1n) is 42.2. The molecule has 32 heteroatoms. The Kier molecular flexibility index (Phi) is 30.2. The number of nitrogens with one attached hydrogen (secondary N) is 2. The number of benzene rings is 2. The first kappa shape index (κ1) is 90.5. The van der Waals surface area contributed by atoms with E-state index in [1.807, 2.05) is 75.3 Å². The summed E-state index contributed by atoms with van der Waals surface area (Å²) in [6.07, 6.45) is -33.9. The van der Waals surface area contributed by atoms with E-state index in [0.717, 1.165) is 0 Å². The Morgan fingerprint density at radius 2 is 0.661 bits per heavy atom. The van der Waals surface area contributed by atoms with Crippen molar-refractivity contribution >= 4 is 26.2 Å². The van der Waals surface area contributed by atoms with E-state index in [1.54, 1.807) is 63.4 Å². The van der Waals surface area contributed by atoms with Gasteiger partial charge in [0.15, 0.2) is 68.6 Å². The second-order valence-electron chi connectivity index (χ2n) is 34.0. The second-order valence-corrected chi connectivity index (χ2v) is 37.4. The third-order valence-electron chi connectivity index (χ3n) is 27.1. The molecule has 0 aliphatic carbocycles. The topological polar surface area (TPSA) is 366 Å². The van der Waals surface area contributed by atoms with Crippen LogP contribution in [-0.4, -0.2) is 246 Å². The van der Waals surface area contributed by atoms with Gasteiger partial charge < -0.3 is 110 Å². The van der Waals surface area contributed by atoms with E-state index in [9.17, 15) is 25.2 Å². The number of sulfonamides is 2. The molecule has 0 saturated carbocycles. The van der Waals surface area contributed by atoms with E-state index in [4.69, 9.17) is 90.0 Å². The summed E-state index contributed by atoms with van der Waals surface area (Å²) >= 11 is 0. The lowest BCUT2D eigenvalue weighted by atomic mass is 9.79. The molecule has 0 spiro atoms. The minimum Gasteiger partial charge on any atom is -0.496 e. The van der Waals surface area contributed by atoms with Crippen molar-refractivity contribution in [2.24, 2.45) is 59.2 Å². The molecule has 115 heavy (non-hydrogen) atoms. The van der Waals surface area contributed by atoms with Gasteiger partial charge in [-0.1, -0.05) is 147 Å². The summed E-state index contributed by atoms with van der Waals surface area (Å²) in [5.41, 5.74) is 0. The van der Waals surface area contributed by atoms with Gasteiger partial charge in [0.1, 0.15) is 91.4 Å². The summed E-state index contributed by atoms with van der Waals surface area (Å²) in [7, 11) is -9.28. The minimum absolute atomic E-state index is 0.00746. The minimum atomic E-state index is -4.65. The number of rotatable bonds is 28. The van der Waals surface area contributed by atoms with Gasteiger partial charge in [0.25, 0.3) is 0 Å². The Hall–Kier alpha value is -3.73. The molecule has 0 amide bonds. The Bertz CT molecular complexity index is 3690. The van der Waals surface area contributed by atoms with Gasteiger partial charge in [-0.15, -0.1) is 0 Å². The van der Waals surface area contributed by atoms with Crippen molar-refractivity contribution < 1.29 is 132 Å². The molecule has 9 fully saturated rings. The molecule has 30 nitrogen and oxygen atoms in total. The third-order valence-corrected chi connectivity index (χ3v) is 30.1. The van der Waals surface area contributed by atoms with Gasteiger partial charge in [-0.05, 0) is 125 Å². The summed E-state index contributed by atoms with van der Waals surface area (Å²) in [6.45, 7) is 37.3. The van der Waals surface area contributed by atoms with Crippen LogP contribution in [0.25, 0.3) is 0 Å². The molecule has 26 unspecified atom stereocenters. The zero-order valence-electron chi connectivity index (χ0n) is 69.9. The van der Waals surface area contributed by atoms with E-state index in [-0.39, 0.29) is 113 Å². The monoisotopic (exact) mass is 1670 g/mol. The molecule has 6 N–H and O–H groups in total. The van der Waals surface area contributed by atoms with Crippen LogP contribution in [0.15, 0.2) is 82.8 Å². The molecule has 2 aromatic rings. The molecular formula is C83H130N2O28S2. The molecule has 0 radical (unpaired) electrons. The SMILES string of the molecule is CCC1O[C@@H](O[C@@H]2C(C)C=COC2CC)C(O)C(O[C@@H]2OC(CC)[C@H](O[C@@H]3OC(CC)[C@H](O)C(O[C@@H]4OC(CC)[C@H](O[C@@H]5OC(CC)[C@@H]6OC(=O)OC6C5O[C@@H]5O[C@H](C)C(C)C(C)C5C)C(O[C@H]5OC(C)[C@@H](C)C(C)C5C)C4NS(=O)(=O)c4ccccc4)C3O)C(O[C@H]3OC(C)[C@@H](C)C(C)C3C)C2NS(=O)(=O)c2ccccc2)[C@H]1O. The highest BCUT2D eigenvalue weighted by Crippen LogP contribution is 2.47. The number of aliphatic hydroxyl groups excluding tert-OH is 4. The van der Waals surface area contributed by atoms with Gasteiger partial charge in [-0.3, -0.25) is 0 Å². The average molecular weight is 1670 g/mol. The van der Waals surface area contributed by atoms with Crippen LogP contribution in [0.4, 0.5) is 4.79 Å². The maximum atomic E-state index is 15.4. The Balaban J connectivity index is 0.935. The van der Waals surface area contributed by atoms with Crippen molar-refractivity contribution in [1.82, 2.24) is 9.44 Å². The molecule has 12 rings (SSSR count). The fourth-order valence-electron chi connectivity index (χ4n) is 18.2. The molecule has 2 aromatic carbocycles. The smallest absolute Gasteiger partial charge is 0.496 e. The molecule has 10 heterocycles. The van der Waals surface area contributed by atoms with Gasteiger partial charge in [0.2, 0.25) is 20.0 Å². The molecule has 652 valence electrons. The van der Waals surface area contributed by atoms with E-state index < -0.39 is 211 Å². The molecule has 0 aromatic heterocycles. The van der Waals surface area contributed by atoms with Gasteiger partial charge in [0.05, 0.1) is 58.8 Å². The summed E-state index contributed by atoms with van der Waals surface area (Å²) in [4.78, 5) is 13.0. The lowest BCUT2D eigenvalue weighted by Crippen LogP contribution is -2.71. The van der Waals surface area contributed by atoms with Crippen LogP contribution < -0.4 is 9.44 Å². The van der Waals surface area contributed by atoms with Crippen LogP contribution in [0.2, 0.25) is 0 Å². The summed E-state index contributed by atoms with van der Waals surface area (Å²) in [5, 5.41) is 51.2. The van der Waals surface area contributed by atoms with Crippen LogP contribution in [0.3, 0.4) is 0 Å². The molecular weight excluding hydrogens is 1540 g/mol. The van der Waals surface area contributed by atoms with Crippen LogP contribution in [0.1, 0.15) is 170 Å². The zero-order chi connectivity index (χ0) is 83.1. The van der Waals surface area contributed by atoms with Gasteiger partial charge in [0, 0.05) is 23.7 Å². The van der Waals surface area contributed by atoms with E-state index in [1.165, 1.54) is 24.3 Å². The molecule has 9 saturated heterocycles. The Morgan fingerprint density at radius 3 is 1.05 bits per heavy atom. The second kappa shape index (κ2) is 38.4. The molecule has 43 atom stereocenters. The zero-order valence-corrected chi connectivity index (χ0v) is 71.5. The van der Waals surface area contributed by atoms with Crippen LogP contribution in [-0.2, 0) is 110 Å². The maximum absolute atomic E-state index is 15.4. The van der Waals surface area contributed by atoms with Crippen molar-refractivity contribution in [3.63, 3.8) is 0 Å². The number of hydrogen-bond acceptors (Lipinski definition) is 28. The quantitative estimate of drug-likeness (QED) is 0.0434. The Morgan fingerprint density at radius 1 is 0.330 bits per heavy atom. The van der Waals surface area contributed by atoms with Crippen molar-refractivity contribution in [2.45, 2.75) is 383 Å². The molecule has 10 aliphatic rings. The highest BCUT2D eigenvalue weighted by Gasteiger charge is 2.63. The first-order valence-corrected chi connectivity index (χ1v) is 45.2. The third kappa shape index (κ3) is 19.1. The predicted octanol–water partition coefficient (Wildman–Crippen LogP) is 8.70. The van der Waals surface area contributed by atoms with Crippen molar-refractivity contribution in [3.05, 3.63) is 73.0 Å². The van der Waals surface area contributed by atoms with Crippen LogP contribution in [0.5, 0.6) is 0 Å². The number of hydrogen-bond donors (Lipinski definition) is 6. The predicted molar refractivity (Wildman–Crippen MR) is 413 cm³/mol. The van der Waals surface area contributed by atoms with Gasteiger partial charge in [-0.2, -0.15) is 0 Å². The van der Waals surface area contributed by atoms with Crippen molar-refractivity contribution in [3.8, 4) is 0 Å². The number of aliphatic hydroxyl groups is 4. The summed E-state index contributed by atoms with van der Waals surface area (Å²) in [6, 6.07) is 11.9. The fourth-order valence-corrected chi connectivity index (χ4v) is 20.7. The number of carbonyl (C=O) groups excluding carboxylic acids is 1. The normalized spacial score (nSPS) is 47.3. The van der Waals surface area contributed by atoms with Crippen molar-refractivity contribution in [1.29, 1.82) is 0 Å². The molecule has 10 aliphatic heterocycles. The average Bonchev–Trinajstić information content (AvgIpc) is 1.74. The first-order chi connectivity index (χ1) is 54.7. The van der Waals surface area contributed by atoms with E-state index in [2.05, 4.69) is 51.0 Å². The highest BCUT2D eigenvalue weighted by atomic mass is 32.2. The molecule has 0 bridgehead atoms. The summed E-state index contributed by atoms with van der Waals surface area (Å²) in [5.74, 6) is -0.722. The number of ether oxygens (including phenoxy) is 19. The highest BCUT2D eigenvalue weighted by molar-refractivity contribution is 7.89.